The third-order valence-corrected chi connectivity index (χ3v) is 3.98. The molecule has 2 aromatic heterocycles. The average Bonchev–Trinajstić information content (AvgIpc) is 3.16. The molecular weight excluding hydrogens is 378 g/mol. The van der Waals surface area contributed by atoms with Crippen LogP contribution in [0.15, 0.2) is 17.4 Å². The van der Waals surface area contributed by atoms with Crippen LogP contribution in [0.2, 0.25) is 0 Å². The van der Waals surface area contributed by atoms with Gasteiger partial charge < -0.3 is 23.9 Å². The molecule has 0 aliphatic carbocycles. The van der Waals surface area contributed by atoms with Crippen LogP contribution < -0.4 is 5.56 Å². The van der Waals surface area contributed by atoms with Crippen molar-refractivity contribution in [1.29, 1.82) is 0 Å². The first-order chi connectivity index (χ1) is 13.3. The number of H-pyrrole nitrogens is 1. The fourth-order valence-corrected chi connectivity index (χ4v) is 2.97. The van der Waals surface area contributed by atoms with E-state index in [0.717, 1.165) is 0 Å². The molecule has 0 saturated carbocycles. The number of aromatic nitrogens is 4. The van der Waals surface area contributed by atoms with E-state index in [-0.39, 0.29) is 17.8 Å². The molecule has 1 aliphatic rings. The Morgan fingerprint density at radius 2 is 1.79 bits per heavy atom. The Kier molecular flexibility index (Phi) is 5.40. The lowest BCUT2D eigenvalue weighted by molar-refractivity contribution is -0.166. The number of aromatic amines is 1. The fraction of sp³-hybridized carbons (Fsp3) is 0.500. The van der Waals surface area contributed by atoms with Gasteiger partial charge in [0.2, 0.25) is 0 Å². The Labute approximate surface area is 157 Å². The maximum absolute atomic E-state index is 11.9. The van der Waals surface area contributed by atoms with E-state index in [2.05, 4.69) is 15.0 Å². The van der Waals surface area contributed by atoms with Gasteiger partial charge in [-0.3, -0.25) is 23.7 Å². The van der Waals surface area contributed by atoms with Gasteiger partial charge in [0.1, 0.15) is 12.7 Å². The summed E-state index contributed by atoms with van der Waals surface area (Å²) >= 11 is 0. The summed E-state index contributed by atoms with van der Waals surface area (Å²) in [5, 5.41) is 0. The first-order valence-electron chi connectivity index (χ1n) is 8.31. The fourth-order valence-electron chi connectivity index (χ4n) is 2.97. The van der Waals surface area contributed by atoms with Crippen molar-refractivity contribution in [3.05, 3.63) is 23.0 Å². The Hall–Kier alpha value is -3.28. The molecule has 150 valence electrons. The largest absolute Gasteiger partial charge is 0.463 e. The van der Waals surface area contributed by atoms with Crippen molar-refractivity contribution < 1.29 is 33.3 Å². The number of fused-ring (bicyclic) bond motifs is 1. The van der Waals surface area contributed by atoms with Crippen LogP contribution in [-0.2, 0) is 33.3 Å². The van der Waals surface area contributed by atoms with Crippen molar-refractivity contribution in [1.82, 2.24) is 19.5 Å². The maximum Gasteiger partial charge on any atom is 0.303 e. The highest BCUT2D eigenvalue weighted by Crippen LogP contribution is 2.35. The van der Waals surface area contributed by atoms with E-state index in [1.165, 1.54) is 38.0 Å². The molecule has 1 fully saturated rings. The molecule has 0 radical (unpaired) electrons. The van der Waals surface area contributed by atoms with Crippen LogP contribution >= 0.6 is 0 Å². The number of carbonyl (C=O) groups excluding carboxylic acids is 3. The first-order valence-corrected chi connectivity index (χ1v) is 8.31. The molecule has 12 heteroatoms. The normalized spacial score (nSPS) is 24.1. The number of imidazole rings is 1. The number of nitrogens with one attached hydrogen (secondary N) is 1. The molecule has 28 heavy (non-hydrogen) atoms. The predicted octanol–water partition coefficient (Wildman–Crippen LogP) is -0.556. The number of ether oxygens (including phenoxy) is 4. The van der Waals surface area contributed by atoms with E-state index in [1.807, 2.05) is 0 Å². The lowest BCUT2D eigenvalue weighted by atomic mass is 10.1. The summed E-state index contributed by atoms with van der Waals surface area (Å²) in [6.45, 7) is 3.36. The topological polar surface area (TPSA) is 152 Å². The maximum atomic E-state index is 11.9. The molecule has 0 aromatic carbocycles. The highest BCUT2D eigenvalue weighted by molar-refractivity contribution is 5.70. The number of esters is 3. The van der Waals surface area contributed by atoms with Gasteiger partial charge in [-0.25, -0.2) is 9.97 Å². The second-order valence-corrected chi connectivity index (χ2v) is 6.07. The smallest absolute Gasteiger partial charge is 0.303 e. The molecule has 0 spiro atoms. The molecule has 12 nitrogen and oxygen atoms in total. The van der Waals surface area contributed by atoms with Gasteiger partial charge in [-0.15, -0.1) is 0 Å². The highest BCUT2D eigenvalue weighted by Gasteiger charge is 2.51. The Balaban J connectivity index is 2.02. The van der Waals surface area contributed by atoms with E-state index in [0.29, 0.717) is 0 Å². The van der Waals surface area contributed by atoms with Gasteiger partial charge in [0.15, 0.2) is 29.6 Å². The molecular formula is C16H18N4O8. The lowest BCUT2D eigenvalue weighted by Gasteiger charge is -2.23. The van der Waals surface area contributed by atoms with E-state index in [1.54, 1.807) is 0 Å². The van der Waals surface area contributed by atoms with Gasteiger partial charge in [0, 0.05) is 20.8 Å². The van der Waals surface area contributed by atoms with Gasteiger partial charge in [-0.1, -0.05) is 0 Å². The van der Waals surface area contributed by atoms with Gasteiger partial charge in [0.25, 0.3) is 5.56 Å². The Bertz CT molecular complexity index is 967. The standard InChI is InChI=1S/C16H18N4O8/c1-7(21)25-4-10-12(26-8(2)22)13(27-9(3)23)16(28-10)20-6-19-11-14(20)17-5-18-15(11)24/h5-6,10,12-13,16H,4H2,1-3H3,(H,17,18,24)/t10-,12-,13-,16-/m1/s1/i5+1,18+1. The van der Waals surface area contributed by atoms with Crippen LogP contribution in [0.4, 0.5) is 0 Å². The van der Waals surface area contributed by atoms with Crippen molar-refractivity contribution in [3.8, 4) is 0 Å². The van der Waals surface area contributed by atoms with E-state index in [4.69, 9.17) is 18.9 Å². The number of hydrogen-bond acceptors (Lipinski definition) is 10. The van der Waals surface area contributed by atoms with Crippen LogP contribution in [0.3, 0.4) is 0 Å². The first kappa shape index (κ1) is 19.5. The van der Waals surface area contributed by atoms with Crippen molar-refractivity contribution in [2.75, 3.05) is 6.61 Å². The zero-order chi connectivity index (χ0) is 20.4. The monoisotopic (exact) mass is 396 g/mol. The van der Waals surface area contributed by atoms with Crippen molar-refractivity contribution in [3.63, 3.8) is 0 Å². The van der Waals surface area contributed by atoms with Gasteiger partial charge >= 0.3 is 17.9 Å². The minimum atomic E-state index is -1.08. The molecule has 1 saturated heterocycles. The summed E-state index contributed by atoms with van der Waals surface area (Å²) in [5.41, 5.74) is -0.223. The number of rotatable bonds is 5. The number of hydrogen-bond donors (Lipinski definition) is 1. The second kappa shape index (κ2) is 7.76. The molecule has 0 amide bonds. The van der Waals surface area contributed by atoms with E-state index < -0.39 is 48.0 Å². The minimum Gasteiger partial charge on any atom is -0.463 e. The third-order valence-electron chi connectivity index (χ3n) is 3.98. The van der Waals surface area contributed by atoms with Crippen LogP contribution in [0.25, 0.3) is 11.2 Å². The zero-order valence-corrected chi connectivity index (χ0v) is 15.3. The summed E-state index contributed by atoms with van der Waals surface area (Å²) in [7, 11) is 0. The highest BCUT2D eigenvalue weighted by atomic mass is 16.7. The Morgan fingerprint density at radius 1 is 1.11 bits per heavy atom. The van der Waals surface area contributed by atoms with E-state index >= 15 is 0 Å². The second-order valence-electron chi connectivity index (χ2n) is 6.07. The summed E-state index contributed by atoms with van der Waals surface area (Å²) in [4.78, 5) is 56.8. The molecule has 0 bridgehead atoms. The van der Waals surface area contributed by atoms with Crippen molar-refractivity contribution in [2.24, 2.45) is 0 Å². The third kappa shape index (κ3) is 3.86. The number of nitrogens with zero attached hydrogens (tertiary/aromatic N) is 3. The quantitative estimate of drug-likeness (QED) is 0.514. The van der Waals surface area contributed by atoms with E-state index in [9.17, 15) is 19.2 Å². The molecule has 4 atom stereocenters. The van der Waals surface area contributed by atoms with Gasteiger partial charge in [0.05, 0.1) is 12.7 Å². The Morgan fingerprint density at radius 3 is 2.43 bits per heavy atom. The lowest BCUT2D eigenvalue weighted by Crippen LogP contribution is -2.40. The van der Waals surface area contributed by atoms with Crippen LogP contribution in [0.1, 0.15) is 27.0 Å². The molecule has 2 aromatic rings. The molecule has 1 N–H and O–H groups in total. The van der Waals surface area contributed by atoms with Crippen molar-refractivity contribution in [2.45, 2.75) is 45.3 Å². The molecule has 0 unspecified atom stereocenters. The minimum absolute atomic E-state index is 0.0557. The zero-order valence-electron chi connectivity index (χ0n) is 15.3. The predicted molar refractivity (Wildman–Crippen MR) is 89.8 cm³/mol. The number of carbonyl (C=O) groups is 3. The summed E-state index contributed by atoms with van der Waals surface area (Å²) in [5.74, 6) is -1.83. The summed E-state index contributed by atoms with van der Waals surface area (Å²) in [6, 6.07) is 0. The summed E-state index contributed by atoms with van der Waals surface area (Å²) < 4.78 is 22.8. The van der Waals surface area contributed by atoms with Crippen LogP contribution in [0, 0.1) is 0 Å². The molecule has 3 rings (SSSR count). The molecule has 3 heterocycles. The SMILES string of the molecule is CC(=O)OC[C@H]1O[C@@H](n2cnc3c(=O)[15nH][13cH]nc32)[C@H](OC(C)=O)[C@@H]1OC(C)=O. The van der Waals surface area contributed by atoms with Crippen LogP contribution in [-0.4, -0.2) is 62.3 Å². The molecule has 1 aliphatic heterocycles. The van der Waals surface area contributed by atoms with Gasteiger partial charge in [-0.2, -0.15) is 0 Å². The average molecular weight is 396 g/mol. The summed E-state index contributed by atoms with van der Waals surface area (Å²) in [6.07, 6.45) is -1.58. The van der Waals surface area contributed by atoms with Gasteiger partial charge in [-0.05, 0) is 0 Å². The van der Waals surface area contributed by atoms with Crippen molar-refractivity contribution >= 4 is 29.1 Å². The van der Waals surface area contributed by atoms with Crippen LogP contribution in [0.5, 0.6) is 0 Å².